The van der Waals surface area contributed by atoms with Crippen molar-refractivity contribution < 1.29 is 4.42 Å². The summed E-state index contributed by atoms with van der Waals surface area (Å²) >= 11 is 0. The number of nitriles is 1. The molecule has 16 aromatic carbocycles. The van der Waals surface area contributed by atoms with Crippen LogP contribution in [0.3, 0.4) is 0 Å². The molecule has 3 aromatic heterocycles. The Balaban J connectivity index is 0.000000141. The van der Waals surface area contributed by atoms with E-state index in [-0.39, 0.29) is 0 Å². The number of fused-ring (bicyclic) bond motifs is 11. The molecule has 0 fully saturated rings. The lowest BCUT2D eigenvalue weighted by Crippen LogP contribution is -1.94. The van der Waals surface area contributed by atoms with Crippen LogP contribution in [0.2, 0.25) is 0 Å². The van der Waals surface area contributed by atoms with Crippen molar-refractivity contribution in [3.63, 3.8) is 0 Å². The lowest BCUT2D eigenvalue weighted by atomic mass is 9.89. The minimum atomic E-state index is 0.625. The second kappa shape index (κ2) is 23.8. The Bertz CT molecular complexity index is 6330. The van der Waals surface area contributed by atoms with Gasteiger partial charge in [0, 0.05) is 38.2 Å². The van der Waals surface area contributed by atoms with Crippen LogP contribution in [0.15, 0.2) is 344 Å². The Morgan fingerprint density at radius 2 is 0.577 bits per heavy atom. The third kappa shape index (κ3) is 10.1. The molecule has 0 atom stereocenters. The molecular formula is C92H56N4O. The van der Waals surface area contributed by atoms with E-state index in [9.17, 15) is 5.26 Å². The van der Waals surface area contributed by atoms with Gasteiger partial charge in [0.15, 0.2) is 5.58 Å². The average Bonchev–Trinajstić information content (AvgIpc) is 1.51. The summed E-state index contributed by atoms with van der Waals surface area (Å²) in [7, 11) is 0. The third-order valence-electron chi connectivity index (χ3n) is 19.2. The molecule has 19 aromatic rings. The number of para-hydroxylation sites is 2. The zero-order chi connectivity index (χ0) is 64.3. The number of oxazole rings is 1. The first-order chi connectivity index (χ1) is 48.0. The molecule has 5 nitrogen and oxygen atoms in total. The predicted octanol–water partition coefficient (Wildman–Crippen LogP) is 24.7. The van der Waals surface area contributed by atoms with Crippen molar-refractivity contribution in [2.24, 2.45) is 0 Å². The molecule has 0 spiro atoms. The van der Waals surface area contributed by atoms with Crippen LogP contribution < -0.4 is 0 Å². The molecule has 0 bridgehead atoms. The van der Waals surface area contributed by atoms with Gasteiger partial charge >= 0.3 is 0 Å². The molecule has 97 heavy (non-hydrogen) atoms. The molecule has 0 N–H and O–H groups in total. The topological polar surface area (TPSA) is 75.6 Å². The molecule has 0 unspecified atom stereocenters. The maximum atomic E-state index is 9.23. The van der Waals surface area contributed by atoms with Crippen LogP contribution in [0, 0.1) is 11.3 Å². The number of pyridine rings is 2. The summed E-state index contributed by atoms with van der Waals surface area (Å²) in [5, 5.41) is 25.7. The molecule has 19 rings (SSSR count). The first kappa shape index (κ1) is 56.6. The van der Waals surface area contributed by atoms with Crippen molar-refractivity contribution in [1.82, 2.24) is 15.0 Å². The van der Waals surface area contributed by atoms with Crippen molar-refractivity contribution in [1.29, 1.82) is 5.26 Å². The maximum absolute atomic E-state index is 9.23. The normalized spacial score (nSPS) is 11.5. The molecule has 450 valence electrons. The smallest absolute Gasteiger partial charge is 0.227 e. The van der Waals surface area contributed by atoms with E-state index in [4.69, 9.17) is 19.4 Å². The molecule has 0 aliphatic rings. The van der Waals surface area contributed by atoms with Gasteiger partial charge in [0.2, 0.25) is 5.89 Å². The maximum Gasteiger partial charge on any atom is 0.227 e. The van der Waals surface area contributed by atoms with Crippen LogP contribution in [0.4, 0.5) is 0 Å². The molecule has 5 heteroatoms. The molecule has 0 aliphatic carbocycles. The van der Waals surface area contributed by atoms with Gasteiger partial charge in [-0.05, 0) is 170 Å². The predicted molar refractivity (Wildman–Crippen MR) is 404 cm³/mol. The molecule has 0 aliphatic heterocycles. The van der Waals surface area contributed by atoms with E-state index in [1.165, 1.54) is 76.3 Å². The van der Waals surface area contributed by atoms with E-state index in [1.807, 2.05) is 48.5 Å². The average molecular weight is 1230 g/mol. The summed E-state index contributed by atoms with van der Waals surface area (Å²) < 4.78 is 6.08. The molecule has 0 amide bonds. The first-order valence-electron chi connectivity index (χ1n) is 32.8. The minimum Gasteiger partial charge on any atom is -0.436 e. The highest BCUT2D eigenvalue weighted by Crippen LogP contribution is 2.46. The summed E-state index contributed by atoms with van der Waals surface area (Å²) in [5.41, 5.74) is 21.0. The minimum absolute atomic E-state index is 0.625. The number of benzene rings is 16. The van der Waals surface area contributed by atoms with E-state index in [2.05, 4.69) is 297 Å². The quantitative estimate of drug-likeness (QED) is 0.142. The van der Waals surface area contributed by atoms with E-state index >= 15 is 0 Å². The molecule has 0 saturated heterocycles. The SMILES string of the molecule is N#Cc1ccc(-c2ccc(-c3cc4c(-c5cccc6ccccc56)cc(-c5cccc6ccccc56)nc4c4ccccc34)cc2)cc1.c1ccc2c(-c3cc(-c4cccc5ccccc45)c4cc(-c5ccc(-c6nc7ccccc7o6)cc5)c5ccccc5c4n3)cccc2c1. The fourth-order valence-corrected chi connectivity index (χ4v) is 14.5. The highest BCUT2D eigenvalue weighted by molar-refractivity contribution is 6.20. The van der Waals surface area contributed by atoms with Crippen LogP contribution in [0.25, 0.3) is 187 Å². The summed E-state index contributed by atoms with van der Waals surface area (Å²) in [6, 6.07) is 122. The largest absolute Gasteiger partial charge is 0.436 e. The zero-order valence-corrected chi connectivity index (χ0v) is 52.5. The van der Waals surface area contributed by atoms with Gasteiger partial charge in [0.1, 0.15) is 5.52 Å². The van der Waals surface area contributed by atoms with Crippen LogP contribution >= 0.6 is 0 Å². The van der Waals surface area contributed by atoms with Crippen LogP contribution in [0.1, 0.15) is 5.56 Å². The first-order valence-corrected chi connectivity index (χ1v) is 32.8. The third-order valence-corrected chi connectivity index (χ3v) is 19.2. The standard InChI is InChI=1S/C46H28N2O.C46H28N2/c1-3-15-33-29(11-1)13-9-19-35(33)40-28-43(37-20-10-14-30-12-2-4-16-34(30)37)47-45-38-18-6-5-17-36(38)39(27-41(40)45)31-23-25-32(26-24-31)46-48-42-21-7-8-22-44(42)49-46;47-29-30-19-21-31(22-20-30)32-23-25-35(26-24-32)42-27-44-43(38-17-7-11-33-9-1-3-13-36(33)38)28-45(48-46(44)41-16-6-5-15-39(41)42)40-18-8-12-34-10-2-4-14-37(34)40/h1-28H;1-28H. The number of rotatable bonds is 8. The van der Waals surface area contributed by atoms with Crippen molar-refractivity contribution in [2.45, 2.75) is 0 Å². The van der Waals surface area contributed by atoms with Crippen LogP contribution in [0.5, 0.6) is 0 Å². The van der Waals surface area contributed by atoms with Gasteiger partial charge in [-0.15, -0.1) is 0 Å². The Kier molecular flexibility index (Phi) is 13.9. The van der Waals surface area contributed by atoms with Gasteiger partial charge in [-0.25, -0.2) is 15.0 Å². The molecule has 0 radical (unpaired) electrons. The second-order valence-corrected chi connectivity index (χ2v) is 24.8. The summed E-state index contributed by atoms with van der Waals surface area (Å²) in [5.74, 6) is 0.625. The number of aromatic nitrogens is 3. The Morgan fingerprint density at radius 3 is 1.01 bits per heavy atom. The van der Waals surface area contributed by atoms with Crippen molar-refractivity contribution >= 4 is 97.5 Å². The Hall–Kier alpha value is -13.1. The number of nitrogens with zero attached hydrogens (tertiary/aromatic N) is 4. The van der Waals surface area contributed by atoms with Gasteiger partial charge in [-0.2, -0.15) is 5.26 Å². The summed E-state index contributed by atoms with van der Waals surface area (Å²) in [6.07, 6.45) is 0. The van der Waals surface area contributed by atoms with E-state index in [0.29, 0.717) is 11.5 Å². The fraction of sp³-hybridized carbons (Fsp3) is 0. The Labute approximate surface area is 559 Å². The fourth-order valence-electron chi connectivity index (χ4n) is 14.5. The van der Waals surface area contributed by atoms with Gasteiger partial charge < -0.3 is 4.42 Å². The van der Waals surface area contributed by atoms with E-state index in [1.54, 1.807) is 0 Å². The Morgan fingerprint density at radius 1 is 0.237 bits per heavy atom. The van der Waals surface area contributed by atoms with Crippen molar-refractivity contribution in [3.05, 3.63) is 345 Å². The van der Waals surface area contributed by atoms with Gasteiger partial charge in [-0.1, -0.05) is 279 Å². The van der Waals surface area contributed by atoms with Crippen molar-refractivity contribution in [3.8, 4) is 95.7 Å². The highest BCUT2D eigenvalue weighted by Gasteiger charge is 2.21. The summed E-state index contributed by atoms with van der Waals surface area (Å²) in [6.45, 7) is 0. The van der Waals surface area contributed by atoms with Crippen LogP contribution in [-0.4, -0.2) is 15.0 Å². The highest BCUT2D eigenvalue weighted by atomic mass is 16.3. The van der Waals surface area contributed by atoms with Crippen LogP contribution in [-0.2, 0) is 0 Å². The van der Waals surface area contributed by atoms with E-state index in [0.717, 1.165) is 105 Å². The lowest BCUT2D eigenvalue weighted by molar-refractivity contribution is 0.620. The van der Waals surface area contributed by atoms with Gasteiger partial charge in [-0.3, -0.25) is 0 Å². The number of hydrogen-bond donors (Lipinski definition) is 0. The van der Waals surface area contributed by atoms with Gasteiger partial charge in [0.25, 0.3) is 0 Å². The zero-order valence-electron chi connectivity index (χ0n) is 52.5. The second-order valence-electron chi connectivity index (χ2n) is 24.8. The lowest BCUT2D eigenvalue weighted by Gasteiger charge is -2.17. The van der Waals surface area contributed by atoms with E-state index < -0.39 is 0 Å². The number of hydrogen-bond acceptors (Lipinski definition) is 5. The molecule has 0 saturated carbocycles. The monoisotopic (exact) mass is 1230 g/mol. The summed E-state index contributed by atoms with van der Waals surface area (Å²) in [4.78, 5) is 15.7. The molecule has 3 heterocycles. The van der Waals surface area contributed by atoms with Crippen molar-refractivity contribution in [2.75, 3.05) is 0 Å². The molecular weight excluding hydrogens is 1180 g/mol. The van der Waals surface area contributed by atoms with Gasteiger partial charge in [0.05, 0.1) is 34.1 Å².